The molecule has 1 aromatic carbocycles. The van der Waals surface area contributed by atoms with Gasteiger partial charge in [0.15, 0.2) is 0 Å². The van der Waals surface area contributed by atoms with Gasteiger partial charge >= 0.3 is 0 Å². The normalized spacial score (nSPS) is 10.4. The van der Waals surface area contributed by atoms with E-state index in [9.17, 15) is 9.18 Å². The van der Waals surface area contributed by atoms with Crippen molar-refractivity contribution in [2.45, 2.75) is 6.42 Å². The number of para-hydroxylation sites is 1. The third-order valence-corrected chi connectivity index (χ3v) is 2.74. The molecule has 19 heavy (non-hydrogen) atoms. The second-order valence-electron chi connectivity index (χ2n) is 4.07. The SMILES string of the molecule is Cn1cnnc1CCNC(=O)c1cccc(F)c1N. The van der Waals surface area contributed by atoms with Crippen LogP contribution in [0.25, 0.3) is 0 Å². The number of nitrogen functional groups attached to an aromatic ring is 1. The maximum absolute atomic E-state index is 13.2. The molecule has 100 valence electrons. The van der Waals surface area contributed by atoms with Crippen LogP contribution in [0, 0.1) is 5.82 Å². The Balaban J connectivity index is 1.95. The Morgan fingerprint density at radius 3 is 3.00 bits per heavy atom. The van der Waals surface area contributed by atoms with Crippen molar-refractivity contribution < 1.29 is 9.18 Å². The van der Waals surface area contributed by atoms with Crippen molar-refractivity contribution in [2.75, 3.05) is 12.3 Å². The number of rotatable bonds is 4. The first-order chi connectivity index (χ1) is 9.09. The Kier molecular flexibility index (Phi) is 3.74. The van der Waals surface area contributed by atoms with Crippen LogP contribution in [0.15, 0.2) is 24.5 Å². The molecule has 6 nitrogen and oxygen atoms in total. The quantitative estimate of drug-likeness (QED) is 0.787. The van der Waals surface area contributed by atoms with Crippen LogP contribution < -0.4 is 11.1 Å². The topological polar surface area (TPSA) is 85.8 Å². The highest BCUT2D eigenvalue weighted by Gasteiger charge is 2.12. The third-order valence-electron chi connectivity index (χ3n) is 2.74. The van der Waals surface area contributed by atoms with Crippen LogP contribution in [0.5, 0.6) is 0 Å². The number of carbonyl (C=O) groups is 1. The van der Waals surface area contributed by atoms with Crippen molar-refractivity contribution >= 4 is 11.6 Å². The number of amides is 1. The molecule has 0 radical (unpaired) electrons. The minimum Gasteiger partial charge on any atom is -0.396 e. The lowest BCUT2D eigenvalue weighted by Crippen LogP contribution is -2.27. The second kappa shape index (κ2) is 5.47. The second-order valence-corrected chi connectivity index (χ2v) is 4.07. The molecule has 0 aliphatic carbocycles. The van der Waals surface area contributed by atoms with Crippen molar-refractivity contribution in [3.63, 3.8) is 0 Å². The summed E-state index contributed by atoms with van der Waals surface area (Å²) in [6.45, 7) is 0.376. The van der Waals surface area contributed by atoms with Gasteiger partial charge in [-0.15, -0.1) is 10.2 Å². The molecule has 0 aliphatic rings. The van der Waals surface area contributed by atoms with Gasteiger partial charge in [-0.05, 0) is 12.1 Å². The van der Waals surface area contributed by atoms with Gasteiger partial charge in [-0.3, -0.25) is 4.79 Å². The summed E-state index contributed by atoms with van der Waals surface area (Å²) in [5, 5.41) is 10.3. The minimum absolute atomic E-state index is 0.137. The molecule has 0 spiro atoms. The molecule has 0 saturated carbocycles. The smallest absolute Gasteiger partial charge is 0.253 e. The molecule has 2 aromatic rings. The van der Waals surface area contributed by atoms with Gasteiger partial charge in [0.2, 0.25) is 0 Å². The van der Waals surface area contributed by atoms with Gasteiger partial charge in [0, 0.05) is 20.0 Å². The summed E-state index contributed by atoms with van der Waals surface area (Å²) in [6.07, 6.45) is 2.12. The monoisotopic (exact) mass is 263 g/mol. The predicted octanol–water partition coefficient (Wildman–Crippen LogP) is 0.509. The summed E-state index contributed by atoms with van der Waals surface area (Å²) < 4.78 is 15.0. The summed E-state index contributed by atoms with van der Waals surface area (Å²) in [4.78, 5) is 11.8. The van der Waals surface area contributed by atoms with Crippen molar-refractivity contribution in [1.82, 2.24) is 20.1 Å². The van der Waals surface area contributed by atoms with E-state index in [1.165, 1.54) is 18.2 Å². The Labute approximate surface area is 109 Å². The van der Waals surface area contributed by atoms with E-state index in [0.717, 1.165) is 5.82 Å². The van der Waals surface area contributed by atoms with Crippen molar-refractivity contribution in [3.05, 3.63) is 41.7 Å². The molecule has 2 rings (SSSR count). The fraction of sp³-hybridized carbons (Fsp3) is 0.250. The molecule has 1 heterocycles. The molecular weight excluding hydrogens is 249 g/mol. The zero-order valence-electron chi connectivity index (χ0n) is 10.4. The lowest BCUT2D eigenvalue weighted by atomic mass is 10.1. The molecule has 1 amide bonds. The molecule has 1 aromatic heterocycles. The van der Waals surface area contributed by atoms with Crippen molar-refractivity contribution in [1.29, 1.82) is 0 Å². The predicted molar refractivity (Wildman–Crippen MR) is 67.9 cm³/mol. The van der Waals surface area contributed by atoms with Gasteiger partial charge in [-0.2, -0.15) is 0 Å². The highest BCUT2D eigenvalue weighted by atomic mass is 19.1. The number of carbonyl (C=O) groups excluding carboxylic acids is 1. The van der Waals surface area contributed by atoms with Gasteiger partial charge in [0.25, 0.3) is 5.91 Å². The van der Waals surface area contributed by atoms with E-state index in [1.807, 2.05) is 7.05 Å². The first-order valence-electron chi connectivity index (χ1n) is 5.74. The van der Waals surface area contributed by atoms with Crippen LogP contribution in [-0.2, 0) is 13.5 Å². The van der Waals surface area contributed by atoms with Crippen LogP contribution >= 0.6 is 0 Å². The Morgan fingerprint density at radius 2 is 2.32 bits per heavy atom. The van der Waals surface area contributed by atoms with Crippen molar-refractivity contribution in [3.8, 4) is 0 Å². The number of nitrogens with two attached hydrogens (primary N) is 1. The van der Waals surface area contributed by atoms with E-state index in [2.05, 4.69) is 15.5 Å². The summed E-state index contributed by atoms with van der Waals surface area (Å²) in [6, 6.07) is 4.14. The van der Waals surface area contributed by atoms with Gasteiger partial charge < -0.3 is 15.6 Å². The van der Waals surface area contributed by atoms with Crippen molar-refractivity contribution in [2.24, 2.45) is 7.05 Å². The molecule has 0 bridgehead atoms. The van der Waals surface area contributed by atoms with E-state index >= 15 is 0 Å². The molecule has 3 N–H and O–H groups in total. The van der Waals surface area contributed by atoms with E-state index in [1.54, 1.807) is 10.9 Å². The van der Waals surface area contributed by atoms with E-state index in [-0.39, 0.29) is 11.3 Å². The van der Waals surface area contributed by atoms with E-state index in [0.29, 0.717) is 13.0 Å². The molecule has 0 atom stereocenters. The zero-order valence-corrected chi connectivity index (χ0v) is 10.4. The number of nitrogens with zero attached hydrogens (tertiary/aromatic N) is 3. The van der Waals surface area contributed by atoms with Crippen LogP contribution in [0.2, 0.25) is 0 Å². The summed E-state index contributed by atoms with van der Waals surface area (Å²) in [5.74, 6) is -0.243. The largest absolute Gasteiger partial charge is 0.396 e. The maximum Gasteiger partial charge on any atom is 0.253 e. The fourth-order valence-corrected chi connectivity index (χ4v) is 1.65. The van der Waals surface area contributed by atoms with Crippen LogP contribution in [0.4, 0.5) is 10.1 Å². The van der Waals surface area contributed by atoms with Crippen LogP contribution in [0.1, 0.15) is 16.2 Å². The highest BCUT2D eigenvalue weighted by molar-refractivity contribution is 5.99. The Bertz CT molecular complexity index is 596. The third kappa shape index (κ3) is 2.87. The number of aromatic nitrogens is 3. The number of halogens is 1. The fourth-order valence-electron chi connectivity index (χ4n) is 1.65. The number of benzene rings is 1. The first-order valence-corrected chi connectivity index (χ1v) is 5.74. The maximum atomic E-state index is 13.2. The Hall–Kier alpha value is -2.44. The first kappa shape index (κ1) is 13.0. The lowest BCUT2D eigenvalue weighted by molar-refractivity contribution is 0.0954. The average molecular weight is 263 g/mol. The highest BCUT2D eigenvalue weighted by Crippen LogP contribution is 2.15. The minimum atomic E-state index is -0.596. The molecule has 0 fully saturated rings. The standard InChI is InChI=1S/C12H14FN5O/c1-18-7-16-17-10(18)5-6-15-12(19)8-3-2-4-9(13)11(8)14/h2-4,7H,5-6,14H2,1H3,(H,15,19). The average Bonchev–Trinajstić information content (AvgIpc) is 2.78. The number of anilines is 1. The molecule has 7 heteroatoms. The number of hydrogen-bond acceptors (Lipinski definition) is 4. The van der Waals surface area contributed by atoms with Gasteiger partial charge in [-0.25, -0.2) is 4.39 Å². The lowest BCUT2D eigenvalue weighted by Gasteiger charge is -2.07. The molecule has 0 aliphatic heterocycles. The summed E-state index contributed by atoms with van der Waals surface area (Å²) >= 11 is 0. The van der Waals surface area contributed by atoms with Gasteiger partial charge in [0.1, 0.15) is 18.0 Å². The van der Waals surface area contributed by atoms with Gasteiger partial charge in [0.05, 0.1) is 11.3 Å². The summed E-state index contributed by atoms with van der Waals surface area (Å²) in [7, 11) is 1.82. The van der Waals surface area contributed by atoms with E-state index < -0.39 is 11.7 Å². The van der Waals surface area contributed by atoms with E-state index in [4.69, 9.17) is 5.73 Å². The molecule has 0 saturated heterocycles. The number of nitrogens with one attached hydrogen (secondary N) is 1. The van der Waals surface area contributed by atoms with Crippen LogP contribution in [0.3, 0.4) is 0 Å². The number of hydrogen-bond donors (Lipinski definition) is 2. The number of aryl methyl sites for hydroxylation is 1. The van der Waals surface area contributed by atoms with Crippen LogP contribution in [-0.4, -0.2) is 27.2 Å². The molecular formula is C12H14FN5O. The molecule has 0 unspecified atom stereocenters. The van der Waals surface area contributed by atoms with Gasteiger partial charge in [-0.1, -0.05) is 6.07 Å². The zero-order chi connectivity index (χ0) is 13.8. The Morgan fingerprint density at radius 1 is 1.53 bits per heavy atom. The summed E-state index contributed by atoms with van der Waals surface area (Å²) in [5.41, 5.74) is 5.51.